The van der Waals surface area contributed by atoms with Crippen LogP contribution in [-0.4, -0.2) is 62.3 Å². The summed E-state index contributed by atoms with van der Waals surface area (Å²) in [6.07, 6.45) is 0. The normalized spacial score (nSPS) is 12.9. The van der Waals surface area contributed by atoms with E-state index in [0.717, 1.165) is 30.3 Å². The number of fused-ring (bicyclic) bond motifs is 1. The Morgan fingerprint density at radius 2 is 1.48 bits per heavy atom. The number of hydrogen-bond acceptors (Lipinski definition) is 19. The van der Waals surface area contributed by atoms with Gasteiger partial charge in [-0.1, -0.05) is 10.1 Å². The van der Waals surface area contributed by atoms with Gasteiger partial charge in [-0.25, -0.2) is 23.1 Å². The standard InChI is InChI=1S/C18H17N3O16S5/c19-17-16-9(5-11(7-13(16)22)41(27,28)29)6-15(39-37-35-24)18(17)21-20-12-2-1-10(8-14(12)38-36-34-23)40(25,26)4-3-33-42(30,31)32/h1-2,5-8,22-24H,3-4,19H2,(H,27,28,29)(H,30,31,32). The second-order valence-electron chi connectivity index (χ2n) is 7.50. The second-order valence-corrected chi connectivity index (χ2v) is 13.6. The average Bonchev–Trinajstić information content (AvgIpc) is 2.88. The highest BCUT2D eigenvalue weighted by Gasteiger charge is 2.22. The Labute approximate surface area is 244 Å². The molecular weight excluding hydrogens is 675 g/mol. The topological polar surface area (TPSA) is 300 Å². The lowest BCUT2D eigenvalue weighted by Gasteiger charge is -2.12. The molecule has 0 aliphatic heterocycles. The van der Waals surface area contributed by atoms with E-state index in [2.05, 4.69) is 33.2 Å². The molecule has 3 aromatic carbocycles. The van der Waals surface area contributed by atoms with Gasteiger partial charge in [0.1, 0.15) is 17.1 Å². The molecule has 0 saturated heterocycles. The van der Waals surface area contributed by atoms with Gasteiger partial charge < -0.3 is 10.8 Å². The summed E-state index contributed by atoms with van der Waals surface area (Å²) in [5, 5.41) is 42.4. The van der Waals surface area contributed by atoms with Crippen molar-refractivity contribution in [2.24, 2.45) is 10.2 Å². The number of phenols is 1. The fourth-order valence-corrected chi connectivity index (χ4v) is 6.32. The SMILES string of the molecule is Nc1c(N=Nc2ccc(S(=O)(=O)CCOS(=O)(=O)O)cc2SOOO)c(SOOO)cc2cc(S(=O)(=O)O)cc(O)c12. The number of sulfone groups is 1. The number of rotatable bonds is 14. The first kappa shape index (κ1) is 33.8. The van der Waals surface area contributed by atoms with Crippen molar-refractivity contribution in [1.82, 2.24) is 0 Å². The van der Waals surface area contributed by atoms with Gasteiger partial charge in [-0.2, -0.15) is 16.8 Å². The fourth-order valence-electron chi connectivity index (χ4n) is 3.22. The fraction of sp³-hybridized carbons (Fsp3) is 0.111. The Morgan fingerprint density at radius 1 is 0.833 bits per heavy atom. The van der Waals surface area contributed by atoms with Crippen molar-refractivity contribution in [2.75, 3.05) is 18.1 Å². The van der Waals surface area contributed by atoms with Crippen LogP contribution in [0.25, 0.3) is 10.8 Å². The van der Waals surface area contributed by atoms with E-state index in [-0.39, 0.29) is 54.6 Å². The molecule has 0 amide bonds. The number of anilines is 1. The lowest BCUT2D eigenvalue weighted by molar-refractivity contribution is -0.432. The Morgan fingerprint density at radius 3 is 2.07 bits per heavy atom. The molecule has 0 spiro atoms. The largest absolute Gasteiger partial charge is 0.507 e. The molecule has 0 aromatic heterocycles. The molecule has 7 N–H and O–H groups in total. The van der Waals surface area contributed by atoms with Gasteiger partial charge in [-0.05, 0) is 35.7 Å². The molecule has 19 nitrogen and oxygen atoms in total. The molecule has 0 unspecified atom stereocenters. The van der Waals surface area contributed by atoms with Crippen molar-refractivity contribution >= 4 is 82.3 Å². The van der Waals surface area contributed by atoms with Gasteiger partial charge in [0.15, 0.2) is 9.84 Å². The van der Waals surface area contributed by atoms with E-state index in [9.17, 15) is 34.9 Å². The first-order valence-electron chi connectivity index (χ1n) is 10.3. The molecule has 0 fully saturated rings. The highest BCUT2D eigenvalue weighted by molar-refractivity contribution is 7.95. The van der Waals surface area contributed by atoms with Gasteiger partial charge in [-0.15, -0.1) is 18.9 Å². The van der Waals surface area contributed by atoms with E-state index < -0.39 is 53.4 Å². The lowest BCUT2D eigenvalue weighted by atomic mass is 10.1. The van der Waals surface area contributed by atoms with Crippen LogP contribution in [-0.2, 0) is 53.3 Å². The quantitative estimate of drug-likeness (QED) is 0.0353. The summed E-state index contributed by atoms with van der Waals surface area (Å²) in [7, 11) is -13.8. The zero-order valence-electron chi connectivity index (χ0n) is 20.1. The van der Waals surface area contributed by atoms with Gasteiger partial charge in [0.2, 0.25) is 0 Å². The van der Waals surface area contributed by atoms with Crippen molar-refractivity contribution in [3.63, 3.8) is 0 Å². The van der Waals surface area contributed by atoms with Gasteiger partial charge in [0, 0.05) is 11.5 Å². The van der Waals surface area contributed by atoms with Gasteiger partial charge in [-0.3, -0.25) is 9.11 Å². The van der Waals surface area contributed by atoms with E-state index in [0.29, 0.717) is 12.0 Å². The maximum atomic E-state index is 12.6. The molecule has 0 aliphatic rings. The highest BCUT2D eigenvalue weighted by Crippen LogP contribution is 2.45. The van der Waals surface area contributed by atoms with Crippen molar-refractivity contribution in [2.45, 2.75) is 19.6 Å². The van der Waals surface area contributed by atoms with Crippen LogP contribution in [0.3, 0.4) is 0 Å². The molecule has 3 rings (SSSR count). The highest BCUT2D eigenvalue weighted by atomic mass is 32.3. The van der Waals surface area contributed by atoms with Gasteiger partial charge in [0.05, 0.1) is 61.7 Å². The molecule has 0 saturated carbocycles. The van der Waals surface area contributed by atoms with Crippen LogP contribution in [0.2, 0.25) is 0 Å². The first-order valence-corrected chi connectivity index (χ1v) is 16.3. The summed E-state index contributed by atoms with van der Waals surface area (Å²) >= 11 is 0.609. The van der Waals surface area contributed by atoms with Crippen LogP contribution in [0.15, 0.2) is 66.2 Å². The maximum Gasteiger partial charge on any atom is 0.397 e. The first-order chi connectivity index (χ1) is 19.6. The van der Waals surface area contributed by atoms with Crippen LogP contribution in [0.1, 0.15) is 0 Å². The Balaban J connectivity index is 2.10. The number of phenolic OH excluding ortho intramolecular Hbond substituents is 1. The molecule has 24 heteroatoms. The van der Waals surface area contributed by atoms with E-state index in [1.807, 2.05) is 0 Å². The molecule has 230 valence electrons. The number of nitrogens with two attached hydrogens (primary N) is 1. The number of hydrogen-bond donors (Lipinski definition) is 6. The van der Waals surface area contributed by atoms with Crippen molar-refractivity contribution in [1.29, 1.82) is 0 Å². The van der Waals surface area contributed by atoms with Crippen molar-refractivity contribution in [3.8, 4) is 5.75 Å². The minimum Gasteiger partial charge on any atom is -0.507 e. The van der Waals surface area contributed by atoms with Crippen LogP contribution >= 0.6 is 24.1 Å². The molecule has 3 aromatic rings. The van der Waals surface area contributed by atoms with E-state index in [1.54, 1.807) is 0 Å². The Kier molecular flexibility index (Phi) is 11.1. The van der Waals surface area contributed by atoms with E-state index in [4.69, 9.17) is 20.8 Å². The number of nitrogens with zero attached hydrogens (tertiary/aromatic N) is 2. The minimum absolute atomic E-state index is 0.0135. The molecular formula is C18H17N3O16S5. The molecule has 0 atom stereocenters. The zero-order chi connectivity index (χ0) is 31.3. The van der Waals surface area contributed by atoms with Crippen LogP contribution in [0.4, 0.5) is 17.1 Å². The Hall–Kier alpha value is -2.69. The molecule has 0 radical (unpaired) electrons. The Bertz CT molecular complexity index is 1830. The van der Waals surface area contributed by atoms with Crippen LogP contribution in [0, 0.1) is 0 Å². The molecule has 42 heavy (non-hydrogen) atoms. The lowest BCUT2D eigenvalue weighted by Crippen LogP contribution is -2.15. The van der Waals surface area contributed by atoms with Gasteiger partial charge >= 0.3 is 10.4 Å². The predicted octanol–water partition coefficient (Wildman–Crippen LogP) is 3.24. The number of benzene rings is 3. The third-order valence-corrected chi connectivity index (χ3v) is 9.13. The molecule has 0 aliphatic carbocycles. The number of nitrogen functional groups attached to an aromatic ring is 1. The summed E-state index contributed by atoms with van der Waals surface area (Å²) in [6.45, 7) is -0.902. The van der Waals surface area contributed by atoms with Gasteiger partial charge in [0.25, 0.3) is 10.1 Å². The maximum absolute atomic E-state index is 12.6. The second kappa shape index (κ2) is 13.7. The summed E-state index contributed by atoms with van der Waals surface area (Å²) in [5.41, 5.74) is 5.52. The van der Waals surface area contributed by atoms with Crippen LogP contribution in [0.5, 0.6) is 5.75 Å². The molecule has 0 heterocycles. The summed E-state index contributed by atoms with van der Waals surface area (Å²) in [5.74, 6) is -1.53. The summed E-state index contributed by atoms with van der Waals surface area (Å²) in [6, 6.07) is 6.07. The third kappa shape index (κ3) is 8.67. The molecule has 0 bridgehead atoms. The van der Waals surface area contributed by atoms with E-state index >= 15 is 0 Å². The van der Waals surface area contributed by atoms with Crippen molar-refractivity contribution in [3.05, 3.63) is 36.4 Å². The predicted molar refractivity (Wildman–Crippen MR) is 141 cm³/mol. The summed E-state index contributed by atoms with van der Waals surface area (Å²) in [4.78, 5) is -1.25. The number of azo groups is 1. The van der Waals surface area contributed by atoms with E-state index in [1.165, 1.54) is 6.07 Å². The smallest absolute Gasteiger partial charge is 0.397 e. The minimum atomic E-state index is -4.88. The van der Waals surface area contributed by atoms with Crippen LogP contribution < -0.4 is 5.73 Å². The monoisotopic (exact) mass is 691 g/mol. The summed E-state index contributed by atoms with van der Waals surface area (Å²) < 4.78 is 100. The zero-order valence-corrected chi connectivity index (χ0v) is 24.2. The average molecular weight is 692 g/mol. The third-order valence-electron chi connectivity index (χ3n) is 4.90. The van der Waals surface area contributed by atoms with Crippen molar-refractivity contribution < 1.29 is 72.9 Å². The number of aromatic hydroxyl groups is 1.